The van der Waals surface area contributed by atoms with E-state index in [-0.39, 0.29) is 11.6 Å². The SMILES string of the molecule is CNC(C(=O)N1CCC(N)CC1)C(F)(F)c1ccc(-c2ccc(Cl)cc2)cc1. The lowest BCUT2D eigenvalue weighted by molar-refractivity contribution is -0.146. The van der Waals surface area contributed by atoms with Gasteiger partial charge in [-0.05, 0) is 43.1 Å². The third-order valence-corrected chi connectivity index (χ3v) is 5.45. The van der Waals surface area contributed by atoms with Crippen molar-refractivity contribution >= 4 is 17.5 Å². The van der Waals surface area contributed by atoms with E-state index < -0.39 is 17.9 Å². The Morgan fingerprint density at radius 1 is 1.11 bits per heavy atom. The van der Waals surface area contributed by atoms with E-state index in [4.69, 9.17) is 17.3 Å². The Balaban J connectivity index is 1.79. The van der Waals surface area contributed by atoms with E-state index in [1.54, 1.807) is 24.3 Å². The van der Waals surface area contributed by atoms with Crippen molar-refractivity contribution in [2.75, 3.05) is 20.1 Å². The number of hydrogen-bond donors (Lipinski definition) is 2. The van der Waals surface area contributed by atoms with Crippen molar-refractivity contribution in [3.05, 3.63) is 59.1 Å². The van der Waals surface area contributed by atoms with Crippen molar-refractivity contribution in [2.24, 2.45) is 5.73 Å². The molecule has 1 amide bonds. The molecule has 1 unspecified atom stereocenters. The number of alkyl halides is 2. The summed E-state index contributed by atoms with van der Waals surface area (Å²) in [6, 6.07) is 11.6. The number of likely N-dealkylation sites (N-methyl/N-ethyl adjacent to an activating group) is 1. The normalized spacial score (nSPS) is 16.8. The summed E-state index contributed by atoms with van der Waals surface area (Å²) in [4.78, 5) is 14.2. The minimum atomic E-state index is -3.34. The van der Waals surface area contributed by atoms with Crippen LogP contribution in [0, 0.1) is 0 Å². The minimum Gasteiger partial charge on any atom is -0.341 e. The lowest BCUT2D eigenvalue weighted by Gasteiger charge is -2.35. The molecule has 2 aromatic carbocycles. The van der Waals surface area contributed by atoms with E-state index in [9.17, 15) is 4.79 Å². The van der Waals surface area contributed by atoms with Crippen LogP contribution < -0.4 is 11.1 Å². The molecule has 3 N–H and O–H groups in total. The van der Waals surface area contributed by atoms with Gasteiger partial charge in [-0.2, -0.15) is 8.78 Å². The van der Waals surface area contributed by atoms with E-state index in [1.165, 1.54) is 24.1 Å². The van der Waals surface area contributed by atoms with E-state index in [2.05, 4.69) is 5.32 Å². The first kappa shape index (κ1) is 20.7. The van der Waals surface area contributed by atoms with Crippen molar-refractivity contribution in [1.29, 1.82) is 0 Å². The molecular weight excluding hydrogens is 384 g/mol. The van der Waals surface area contributed by atoms with Crippen LogP contribution in [0.1, 0.15) is 18.4 Å². The summed E-state index contributed by atoms with van der Waals surface area (Å²) in [6.07, 6.45) is 1.26. The van der Waals surface area contributed by atoms with Gasteiger partial charge in [0, 0.05) is 29.7 Å². The van der Waals surface area contributed by atoms with Gasteiger partial charge in [0.2, 0.25) is 5.91 Å². The molecule has 1 saturated heterocycles. The van der Waals surface area contributed by atoms with Gasteiger partial charge in [-0.3, -0.25) is 4.79 Å². The summed E-state index contributed by atoms with van der Waals surface area (Å²) in [5.74, 6) is -3.94. The zero-order chi connectivity index (χ0) is 20.3. The summed E-state index contributed by atoms with van der Waals surface area (Å²) in [6.45, 7) is 0.813. The number of likely N-dealkylation sites (tertiary alicyclic amines) is 1. The highest BCUT2D eigenvalue weighted by Crippen LogP contribution is 2.34. The van der Waals surface area contributed by atoms with E-state index in [1.807, 2.05) is 12.1 Å². The molecule has 4 nitrogen and oxygen atoms in total. The van der Waals surface area contributed by atoms with Crippen molar-refractivity contribution in [2.45, 2.75) is 30.8 Å². The average Bonchev–Trinajstić information content (AvgIpc) is 2.69. The Morgan fingerprint density at radius 2 is 1.61 bits per heavy atom. The standard InChI is InChI=1S/C21H24ClF2N3O/c1-26-19(20(28)27-12-10-18(25)11-13-27)21(23,24)16-6-2-14(3-7-16)15-4-8-17(22)9-5-15/h2-9,18-19,26H,10-13,25H2,1H3. The Hall–Kier alpha value is -2.02. The molecule has 1 aliphatic heterocycles. The smallest absolute Gasteiger partial charge is 0.297 e. The predicted octanol–water partition coefficient (Wildman–Crippen LogP) is 3.64. The molecule has 1 atom stereocenters. The van der Waals surface area contributed by atoms with Crippen molar-refractivity contribution in [3.8, 4) is 11.1 Å². The van der Waals surface area contributed by atoms with Crippen molar-refractivity contribution < 1.29 is 13.6 Å². The van der Waals surface area contributed by atoms with Gasteiger partial charge >= 0.3 is 0 Å². The summed E-state index contributed by atoms with van der Waals surface area (Å²) < 4.78 is 30.3. The number of nitrogens with one attached hydrogen (secondary N) is 1. The number of amides is 1. The summed E-state index contributed by atoms with van der Waals surface area (Å²) in [5, 5.41) is 3.13. The fourth-order valence-electron chi connectivity index (χ4n) is 3.46. The van der Waals surface area contributed by atoms with E-state index in [0.29, 0.717) is 31.0 Å². The van der Waals surface area contributed by atoms with Crippen LogP contribution in [0.15, 0.2) is 48.5 Å². The second kappa shape index (κ2) is 8.55. The quantitative estimate of drug-likeness (QED) is 0.795. The number of benzene rings is 2. The summed E-state index contributed by atoms with van der Waals surface area (Å²) >= 11 is 5.89. The molecule has 1 aliphatic rings. The molecule has 150 valence electrons. The Morgan fingerprint density at radius 3 is 2.11 bits per heavy atom. The second-order valence-corrected chi connectivity index (χ2v) is 7.53. The maximum absolute atomic E-state index is 15.1. The topological polar surface area (TPSA) is 58.4 Å². The number of piperidine rings is 1. The lowest BCUT2D eigenvalue weighted by atomic mass is 9.96. The number of carbonyl (C=O) groups excluding carboxylic acids is 1. The van der Waals surface area contributed by atoms with Crippen LogP contribution in [0.4, 0.5) is 8.78 Å². The number of halogens is 3. The third-order valence-electron chi connectivity index (χ3n) is 5.20. The highest BCUT2D eigenvalue weighted by Gasteiger charge is 2.46. The molecule has 0 saturated carbocycles. The Labute approximate surface area is 168 Å². The van der Waals surface area contributed by atoms with Gasteiger partial charge in [0.1, 0.15) is 0 Å². The second-order valence-electron chi connectivity index (χ2n) is 7.09. The number of carbonyl (C=O) groups is 1. The maximum atomic E-state index is 15.1. The van der Waals surface area contributed by atoms with Crippen molar-refractivity contribution in [3.63, 3.8) is 0 Å². The number of nitrogens with two attached hydrogens (primary N) is 1. The highest BCUT2D eigenvalue weighted by molar-refractivity contribution is 6.30. The number of rotatable bonds is 5. The van der Waals surface area contributed by atoms with Gasteiger partial charge < -0.3 is 16.0 Å². The summed E-state index contributed by atoms with van der Waals surface area (Å²) in [5.41, 5.74) is 7.32. The molecule has 0 aliphatic carbocycles. The molecule has 0 radical (unpaired) electrons. The van der Waals surface area contributed by atoms with Gasteiger partial charge in [-0.1, -0.05) is 48.0 Å². The zero-order valence-electron chi connectivity index (χ0n) is 15.7. The lowest BCUT2D eigenvalue weighted by Crippen LogP contribution is -2.55. The molecule has 3 rings (SSSR count). The molecule has 1 fully saturated rings. The summed E-state index contributed by atoms with van der Waals surface area (Å²) in [7, 11) is 1.38. The Kier molecular flexibility index (Phi) is 6.33. The largest absolute Gasteiger partial charge is 0.341 e. The van der Waals surface area contributed by atoms with Crippen molar-refractivity contribution in [1.82, 2.24) is 10.2 Å². The van der Waals surface area contributed by atoms with Gasteiger partial charge in [0.05, 0.1) is 0 Å². The molecule has 0 aromatic heterocycles. The van der Waals surface area contributed by atoms with Gasteiger partial charge in [0.15, 0.2) is 6.04 Å². The fraction of sp³-hybridized carbons (Fsp3) is 0.381. The average molecular weight is 408 g/mol. The van der Waals surface area contributed by atoms with Crippen LogP contribution in [0.3, 0.4) is 0 Å². The molecule has 7 heteroatoms. The monoisotopic (exact) mass is 407 g/mol. The van der Waals surface area contributed by atoms with Crippen LogP contribution in [-0.2, 0) is 10.7 Å². The first-order valence-corrected chi connectivity index (χ1v) is 9.66. The fourth-order valence-corrected chi connectivity index (χ4v) is 3.58. The number of nitrogens with zero attached hydrogens (tertiary/aromatic N) is 1. The first-order chi connectivity index (χ1) is 13.3. The molecule has 2 aromatic rings. The molecule has 28 heavy (non-hydrogen) atoms. The van der Waals surface area contributed by atoms with Crippen LogP contribution in [0.25, 0.3) is 11.1 Å². The van der Waals surface area contributed by atoms with Crippen LogP contribution in [0.5, 0.6) is 0 Å². The molecule has 0 spiro atoms. The van der Waals surface area contributed by atoms with Crippen LogP contribution in [-0.4, -0.2) is 43.0 Å². The number of hydrogen-bond acceptors (Lipinski definition) is 3. The molecule has 0 bridgehead atoms. The molecule has 1 heterocycles. The third kappa shape index (κ3) is 4.35. The van der Waals surface area contributed by atoms with Crippen LogP contribution >= 0.6 is 11.6 Å². The highest BCUT2D eigenvalue weighted by atomic mass is 35.5. The van der Waals surface area contributed by atoms with E-state index >= 15 is 8.78 Å². The zero-order valence-corrected chi connectivity index (χ0v) is 16.4. The maximum Gasteiger partial charge on any atom is 0.297 e. The van der Waals surface area contributed by atoms with E-state index in [0.717, 1.165) is 11.1 Å². The minimum absolute atomic E-state index is 0.0259. The predicted molar refractivity (Wildman–Crippen MR) is 107 cm³/mol. The van der Waals surface area contributed by atoms with Gasteiger partial charge in [-0.15, -0.1) is 0 Å². The first-order valence-electron chi connectivity index (χ1n) is 9.29. The van der Waals surface area contributed by atoms with Gasteiger partial charge in [-0.25, -0.2) is 0 Å². The van der Waals surface area contributed by atoms with Crippen LogP contribution in [0.2, 0.25) is 5.02 Å². The molecular formula is C21H24ClF2N3O. The Bertz CT molecular complexity index is 803. The van der Waals surface area contributed by atoms with Gasteiger partial charge in [0.25, 0.3) is 5.92 Å².